The fourth-order valence-corrected chi connectivity index (χ4v) is 2.30. The number of rotatable bonds is 2. The van der Waals surface area contributed by atoms with Crippen LogP contribution < -0.4 is 16.2 Å². The highest BCUT2D eigenvalue weighted by molar-refractivity contribution is 6.32. The molecule has 0 bridgehead atoms. The number of piperazine rings is 1. The lowest BCUT2D eigenvalue weighted by Gasteiger charge is -2.32. The number of hydrogen-bond acceptors (Lipinski definition) is 3. The number of nitrogens with zero attached hydrogens (tertiary/aromatic N) is 4. The number of benzene rings is 1. The second-order valence-electron chi connectivity index (χ2n) is 5.39. The summed E-state index contributed by atoms with van der Waals surface area (Å²) >= 11 is 5.67. The van der Waals surface area contributed by atoms with E-state index in [0.717, 1.165) is 19.2 Å². The van der Waals surface area contributed by atoms with Crippen molar-refractivity contribution < 1.29 is 17.9 Å². The van der Waals surface area contributed by atoms with Crippen molar-refractivity contribution in [2.45, 2.75) is 6.36 Å². The Morgan fingerprint density at radius 2 is 1.84 bits per heavy atom. The fourth-order valence-electron chi connectivity index (χ4n) is 2.15. The fraction of sp³-hybridized carbons (Fsp3) is 0.429. The molecule has 138 valence electrons. The van der Waals surface area contributed by atoms with Gasteiger partial charge >= 0.3 is 6.36 Å². The van der Waals surface area contributed by atoms with Crippen molar-refractivity contribution in [1.82, 2.24) is 9.80 Å². The molecule has 0 unspecified atom stereocenters. The van der Waals surface area contributed by atoms with E-state index in [1.54, 1.807) is 0 Å². The largest absolute Gasteiger partial charge is 0.573 e. The van der Waals surface area contributed by atoms with Crippen molar-refractivity contribution in [3.63, 3.8) is 0 Å². The van der Waals surface area contributed by atoms with Gasteiger partial charge in [0.15, 0.2) is 5.96 Å². The third-order valence-electron chi connectivity index (χ3n) is 3.44. The van der Waals surface area contributed by atoms with Crippen molar-refractivity contribution in [3.05, 3.63) is 23.2 Å². The zero-order valence-corrected chi connectivity index (χ0v) is 14.2. The van der Waals surface area contributed by atoms with Crippen LogP contribution in [0.5, 0.6) is 5.75 Å². The molecule has 1 aromatic rings. The predicted molar refractivity (Wildman–Crippen MR) is 90.1 cm³/mol. The van der Waals surface area contributed by atoms with E-state index in [1.807, 2.05) is 11.9 Å². The molecule has 2 rings (SSSR count). The monoisotopic (exact) mass is 378 g/mol. The molecule has 0 atom stereocenters. The normalized spacial score (nSPS) is 17.7. The summed E-state index contributed by atoms with van der Waals surface area (Å²) in [5, 5.41) is -0.199. The average Bonchev–Trinajstić information content (AvgIpc) is 2.49. The standard InChI is InChI=1S/C14H18ClF3N6O/c1-23-4-6-24(7-5-23)13(20)22-12(19)21-9-2-3-10(15)11(8-9)25-14(16,17)18/h2-3,8H,4-7H2,1H3,(H4,19,20,21,22). The number of nitrogens with two attached hydrogens (primary N) is 2. The Bertz CT molecular complexity index is 671. The molecule has 7 nitrogen and oxygen atoms in total. The van der Waals surface area contributed by atoms with Crippen molar-refractivity contribution in [3.8, 4) is 5.75 Å². The van der Waals surface area contributed by atoms with Crippen LogP contribution in [0.15, 0.2) is 28.2 Å². The van der Waals surface area contributed by atoms with Crippen LogP contribution in [0, 0.1) is 0 Å². The molecular formula is C14H18ClF3N6O. The number of likely N-dealkylation sites (N-methyl/N-ethyl adjacent to an activating group) is 1. The number of aliphatic imine (C=N–C) groups is 2. The molecule has 0 aromatic heterocycles. The molecule has 0 spiro atoms. The molecule has 1 fully saturated rings. The van der Waals surface area contributed by atoms with E-state index < -0.39 is 12.1 Å². The Morgan fingerprint density at radius 3 is 2.44 bits per heavy atom. The minimum Gasteiger partial charge on any atom is -0.404 e. The Kier molecular flexibility index (Phi) is 5.96. The van der Waals surface area contributed by atoms with Crippen LogP contribution >= 0.6 is 11.6 Å². The van der Waals surface area contributed by atoms with Crippen LogP contribution in [0.4, 0.5) is 18.9 Å². The summed E-state index contributed by atoms with van der Waals surface area (Å²) in [6, 6.07) is 3.63. The third-order valence-corrected chi connectivity index (χ3v) is 3.75. The summed E-state index contributed by atoms with van der Waals surface area (Å²) in [4.78, 5) is 11.9. The van der Waals surface area contributed by atoms with E-state index in [0.29, 0.717) is 13.1 Å². The molecule has 25 heavy (non-hydrogen) atoms. The molecule has 0 radical (unpaired) electrons. The van der Waals surface area contributed by atoms with Gasteiger partial charge in [0.1, 0.15) is 5.75 Å². The van der Waals surface area contributed by atoms with Crippen LogP contribution in [0.25, 0.3) is 0 Å². The quantitative estimate of drug-likeness (QED) is 0.604. The van der Waals surface area contributed by atoms with E-state index in [2.05, 4.69) is 19.6 Å². The van der Waals surface area contributed by atoms with E-state index in [-0.39, 0.29) is 22.6 Å². The summed E-state index contributed by atoms with van der Waals surface area (Å²) in [6.45, 7) is 3.07. The molecule has 0 amide bonds. The molecular weight excluding hydrogens is 361 g/mol. The van der Waals surface area contributed by atoms with E-state index in [4.69, 9.17) is 23.1 Å². The first-order valence-corrected chi connectivity index (χ1v) is 7.69. The van der Waals surface area contributed by atoms with Crippen molar-refractivity contribution in [2.24, 2.45) is 21.5 Å². The molecule has 11 heteroatoms. The Balaban J connectivity index is 2.13. The van der Waals surface area contributed by atoms with Gasteiger partial charge in [0, 0.05) is 32.2 Å². The molecule has 1 aliphatic rings. The summed E-state index contributed by atoms with van der Waals surface area (Å²) in [5.74, 6) is -0.550. The number of halogens is 4. The minimum atomic E-state index is -4.86. The predicted octanol–water partition coefficient (Wildman–Crippen LogP) is 1.75. The molecule has 1 aromatic carbocycles. The lowest BCUT2D eigenvalue weighted by atomic mass is 10.3. The topological polar surface area (TPSA) is 92.5 Å². The summed E-state index contributed by atoms with van der Waals surface area (Å²) in [5.41, 5.74) is 11.7. The van der Waals surface area contributed by atoms with Gasteiger partial charge in [-0.15, -0.1) is 13.2 Å². The SMILES string of the molecule is CN1CCN(C(N)=NC(N)=Nc2ccc(Cl)c(OC(F)(F)F)c2)CC1. The molecule has 1 aliphatic heterocycles. The smallest absolute Gasteiger partial charge is 0.404 e. The van der Waals surface area contributed by atoms with Gasteiger partial charge in [-0.05, 0) is 19.2 Å². The van der Waals surface area contributed by atoms with E-state index in [9.17, 15) is 13.2 Å². The first kappa shape index (κ1) is 19.1. The van der Waals surface area contributed by atoms with Crippen LogP contribution in [-0.4, -0.2) is 61.3 Å². The number of ether oxygens (including phenoxy) is 1. The number of alkyl halides is 3. The summed E-state index contributed by atoms with van der Waals surface area (Å²) in [7, 11) is 2.00. The van der Waals surface area contributed by atoms with Gasteiger partial charge in [0.2, 0.25) is 5.96 Å². The lowest BCUT2D eigenvalue weighted by molar-refractivity contribution is -0.274. The highest BCUT2D eigenvalue weighted by atomic mass is 35.5. The Morgan fingerprint density at radius 1 is 1.20 bits per heavy atom. The second kappa shape index (κ2) is 7.79. The molecule has 4 N–H and O–H groups in total. The Hall–Kier alpha value is -2.20. The maximum absolute atomic E-state index is 12.3. The third kappa shape index (κ3) is 5.98. The van der Waals surface area contributed by atoms with Crippen molar-refractivity contribution >= 4 is 29.2 Å². The second-order valence-corrected chi connectivity index (χ2v) is 5.80. The first-order chi connectivity index (χ1) is 11.6. The average molecular weight is 379 g/mol. The van der Waals surface area contributed by atoms with Gasteiger partial charge in [0.25, 0.3) is 0 Å². The number of guanidine groups is 2. The first-order valence-electron chi connectivity index (χ1n) is 7.31. The van der Waals surface area contributed by atoms with Gasteiger partial charge in [0.05, 0.1) is 10.7 Å². The lowest BCUT2D eigenvalue weighted by Crippen LogP contribution is -2.50. The van der Waals surface area contributed by atoms with Crippen molar-refractivity contribution in [2.75, 3.05) is 33.2 Å². The van der Waals surface area contributed by atoms with Crippen LogP contribution in [0.3, 0.4) is 0 Å². The summed E-state index contributed by atoms with van der Waals surface area (Å²) < 4.78 is 40.8. The number of hydrogen-bond donors (Lipinski definition) is 2. The molecule has 0 saturated carbocycles. The van der Waals surface area contributed by atoms with Crippen LogP contribution in [0.1, 0.15) is 0 Å². The van der Waals surface area contributed by atoms with E-state index in [1.165, 1.54) is 12.1 Å². The minimum absolute atomic E-state index is 0.107. The van der Waals surface area contributed by atoms with Gasteiger partial charge in [-0.3, -0.25) is 0 Å². The van der Waals surface area contributed by atoms with Gasteiger partial charge < -0.3 is 26.0 Å². The highest BCUT2D eigenvalue weighted by Crippen LogP contribution is 2.33. The zero-order valence-electron chi connectivity index (χ0n) is 13.4. The molecule has 1 saturated heterocycles. The van der Waals surface area contributed by atoms with Crippen LogP contribution in [-0.2, 0) is 0 Å². The molecule has 1 heterocycles. The van der Waals surface area contributed by atoms with Gasteiger partial charge in [-0.2, -0.15) is 4.99 Å². The highest BCUT2D eigenvalue weighted by Gasteiger charge is 2.32. The summed E-state index contributed by atoms with van der Waals surface area (Å²) in [6.07, 6.45) is -4.86. The van der Waals surface area contributed by atoms with Crippen molar-refractivity contribution in [1.29, 1.82) is 0 Å². The van der Waals surface area contributed by atoms with Gasteiger partial charge in [-0.1, -0.05) is 11.6 Å². The zero-order chi connectivity index (χ0) is 18.6. The van der Waals surface area contributed by atoms with Gasteiger partial charge in [-0.25, -0.2) is 4.99 Å². The van der Waals surface area contributed by atoms with E-state index >= 15 is 0 Å². The maximum Gasteiger partial charge on any atom is 0.573 e. The Labute approximate surface area is 147 Å². The molecule has 0 aliphatic carbocycles. The van der Waals surface area contributed by atoms with Crippen LogP contribution in [0.2, 0.25) is 5.02 Å². The maximum atomic E-state index is 12.3.